The first-order chi connectivity index (χ1) is 9.69. The van der Waals surface area contributed by atoms with E-state index >= 15 is 0 Å². The molecule has 5 heteroatoms. The lowest BCUT2D eigenvalue weighted by Gasteiger charge is -2.34. The largest absolute Gasteiger partial charge is 0.508 e. The Hall–Kier alpha value is -1.75. The molecule has 5 nitrogen and oxygen atoms in total. The van der Waals surface area contributed by atoms with Gasteiger partial charge in [0, 0.05) is 18.7 Å². The van der Waals surface area contributed by atoms with Crippen molar-refractivity contribution in [2.24, 2.45) is 0 Å². The topological polar surface area (TPSA) is 61.3 Å². The number of likely N-dealkylation sites (N-methyl/N-ethyl adjacent to an activating group) is 1. The Bertz CT molecular complexity index is 659. The van der Waals surface area contributed by atoms with E-state index in [1.807, 2.05) is 6.07 Å². The van der Waals surface area contributed by atoms with E-state index in [1.165, 1.54) is 12.8 Å². The molecule has 1 aliphatic heterocycles. The number of imidazole rings is 1. The number of H-pyrrole nitrogens is 1. The number of hydrogen-bond acceptors (Lipinski definition) is 3. The number of benzene rings is 1. The standard InChI is InChI=1S/C15H21N3O2/c1-2-17-8-4-3-5-11(17)10-18-14-7-6-12(19)9-13(14)16-15(18)20/h6-7,9,11,19H,2-5,8,10H2,1H3,(H,16,20). The van der Waals surface area contributed by atoms with Gasteiger partial charge in [-0.15, -0.1) is 0 Å². The van der Waals surface area contributed by atoms with Crippen molar-refractivity contribution in [3.05, 3.63) is 28.7 Å². The summed E-state index contributed by atoms with van der Waals surface area (Å²) in [5, 5.41) is 9.49. The number of aromatic hydroxyl groups is 1. The van der Waals surface area contributed by atoms with Gasteiger partial charge in [-0.25, -0.2) is 4.79 Å². The number of nitrogens with one attached hydrogen (secondary N) is 1. The second-order valence-corrected chi connectivity index (χ2v) is 5.52. The Morgan fingerprint density at radius 1 is 1.40 bits per heavy atom. The maximum atomic E-state index is 12.1. The van der Waals surface area contributed by atoms with Crippen molar-refractivity contribution in [1.29, 1.82) is 0 Å². The molecular formula is C15H21N3O2. The summed E-state index contributed by atoms with van der Waals surface area (Å²) in [6.07, 6.45) is 3.63. The molecule has 2 N–H and O–H groups in total. The molecule has 1 aliphatic rings. The third kappa shape index (κ3) is 2.33. The van der Waals surface area contributed by atoms with Gasteiger partial charge in [-0.2, -0.15) is 0 Å². The number of phenolic OH excluding ortho intramolecular Hbond substituents is 1. The molecule has 108 valence electrons. The number of aromatic amines is 1. The van der Waals surface area contributed by atoms with Crippen molar-refractivity contribution in [3.8, 4) is 5.75 Å². The number of piperidine rings is 1. The van der Waals surface area contributed by atoms with Crippen LogP contribution in [0, 0.1) is 0 Å². The zero-order chi connectivity index (χ0) is 14.1. The second-order valence-electron chi connectivity index (χ2n) is 5.52. The summed E-state index contributed by atoms with van der Waals surface area (Å²) in [5.74, 6) is 0.179. The molecule has 3 rings (SSSR count). The molecule has 2 heterocycles. The van der Waals surface area contributed by atoms with Crippen LogP contribution in [0.25, 0.3) is 11.0 Å². The summed E-state index contributed by atoms with van der Waals surface area (Å²) in [7, 11) is 0. The van der Waals surface area contributed by atoms with Crippen LogP contribution in [0.15, 0.2) is 23.0 Å². The number of aromatic nitrogens is 2. The highest BCUT2D eigenvalue weighted by atomic mass is 16.3. The van der Waals surface area contributed by atoms with Crippen LogP contribution in [0.1, 0.15) is 26.2 Å². The summed E-state index contributed by atoms with van der Waals surface area (Å²) in [6, 6.07) is 5.47. The summed E-state index contributed by atoms with van der Waals surface area (Å²) < 4.78 is 1.80. The second kappa shape index (κ2) is 5.32. The molecule has 1 saturated heterocycles. The lowest BCUT2D eigenvalue weighted by atomic mass is 10.0. The highest BCUT2D eigenvalue weighted by Gasteiger charge is 2.22. The van der Waals surface area contributed by atoms with E-state index in [-0.39, 0.29) is 11.4 Å². The number of hydrogen-bond donors (Lipinski definition) is 2. The lowest BCUT2D eigenvalue weighted by molar-refractivity contribution is 0.140. The number of phenols is 1. The van der Waals surface area contributed by atoms with Crippen molar-refractivity contribution < 1.29 is 5.11 Å². The maximum Gasteiger partial charge on any atom is 0.326 e. The van der Waals surface area contributed by atoms with E-state index in [9.17, 15) is 9.90 Å². The van der Waals surface area contributed by atoms with Gasteiger partial charge in [-0.1, -0.05) is 13.3 Å². The number of fused-ring (bicyclic) bond motifs is 1. The first-order valence-corrected chi connectivity index (χ1v) is 7.34. The zero-order valence-electron chi connectivity index (χ0n) is 11.8. The average Bonchev–Trinajstić information content (AvgIpc) is 2.75. The van der Waals surface area contributed by atoms with Crippen molar-refractivity contribution >= 4 is 11.0 Å². The molecule has 1 unspecified atom stereocenters. The number of rotatable bonds is 3. The van der Waals surface area contributed by atoms with Gasteiger partial charge in [0.2, 0.25) is 0 Å². The average molecular weight is 275 g/mol. The molecule has 0 amide bonds. The van der Waals surface area contributed by atoms with Crippen molar-refractivity contribution in [2.75, 3.05) is 13.1 Å². The van der Waals surface area contributed by atoms with Crippen molar-refractivity contribution in [1.82, 2.24) is 14.5 Å². The van der Waals surface area contributed by atoms with E-state index < -0.39 is 0 Å². The highest BCUT2D eigenvalue weighted by Crippen LogP contribution is 2.21. The van der Waals surface area contributed by atoms with E-state index in [4.69, 9.17) is 0 Å². The summed E-state index contributed by atoms with van der Waals surface area (Å²) in [4.78, 5) is 17.4. The Labute approximate surface area is 117 Å². The molecular weight excluding hydrogens is 254 g/mol. The molecule has 0 spiro atoms. The SMILES string of the molecule is CCN1CCCCC1Cn1c(=O)[nH]c2cc(O)ccc21. The maximum absolute atomic E-state index is 12.1. The van der Waals surface area contributed by atoms with E-state index in [0.717, 1.165) is 31.6 Å². The van der Waals surface area contributed by atoms with Gasteiger partial charge in [0.05, 0.1) is 11.0 Å². The summed E-state index contributed by atoms with van der Waals surface area (Å²) in [5.41, 5.74) is 1.48. The van der Waals surface area contributed by atoms with Gasteiger partial charge >= 0.3 is 5.69 Å². The van der Waals surface area contributed by atoms with Crippen LogP contribution >= 0.6 is 0 Å². The third-order valence-electron chi connectivity index (χ3n) is 4.31. The first kappa shape index (κ1) is 13.2. The molecule has 20 heavy (non-hydrogen) atoms. The smallest absolute Gasteiger partial charge is 0.326 e. The number of likely N-dealkylation sites (tertiary alicyclic amines) is 1. The van der Waals surface area contributed by atoms with Crippen LogP contribution in [0.4, 0.5) is 0 Å². The first-order valence-electron chi connectivity index (χ1n) is 7.34. The van der Waals surface area contributed by atoms with Crippen molar-refractivity contribution in [3.63, 3.8) is 0 Å². The minimum atomic E-state index is -0.0905. The minimum absolute atomic E-state index is 0.0905. The van der Waals surface area contributed by atoms with Crippen LogP contribution in [-0.4, -0.2) is 38.7 Å². The van der Waals surface area contributed by atoms with Crippen LogP contribution < -0.4 is 5.69 Å². The molecule has 2 aromatic rings. The Morgan fingerprint density at radius 2 is 2.25 bits per heavy atom. The molecule has 1 aromatic carbocycles. The van der Waals surface area contributed by atoms with Crippen LogP contribution in [-0.2, 0) is 6.54 Å². The van der Waals surface area contributed by atoms with Crippen LogP contribution in [0.3, 0.4) is 0 Å². The van der Waals surface area contributed by atoms with E-state index in [0.29, 0.717) is 11.6 Å². The Kier molecular flexibility index (Phi) is 3.53. The fraction of sp³-hybridized carbons (Fsp3) is 0.533. The van der Waals surface area contributed by atoms with Gasteiger partial charge < -0.3 is 10.1 Å². The summed E-state index contributed by atoms with van der Waals surface area (Å²) in [6.45, 7) is 5.05. The lowest BCUT2D eigenvalue weighted by Crippen LogP contribution is -2.43. The fourth-order valence-corrected chi connectivity index (χ4v) is 3.23. The molecule has 0 bridgehead atoms. The Morgan fingerprint density at radius 3 is 3.05 bits per heavy atom. The van der Waals surface area contributed by atoms with E-state index in [1.54, 1.807) is 16.7 Å². The monoisotopic (exact) mass is 275 g/mol. The van der Waals surface area contributed by atoms with Crippen LogP contribution in [0.2, 0.25) is 0 Å². The molecule has 0 aliphatic carbocycles. The summed E-state index contributed by atoms with van der Waals surface area (Å²) >= 11 is 0. The predicted molar refractivity (Wildman–Crippen MR) is 79.1 cm³/mol. The molecule has 1 aromatic heterocycles. The minimum Gasteiger partial charge on any atom is -0.508 e. The van der Waals surface area contributed by atoms with Gasteiger partial charge in [0.1, 0.15) is 5.75 Å². The molecule has 0 radical (unpaired) electrons. The predicted octanol–water partition coefficient (Wildman–Crippen LogP) is 1.91. The number of nitrogens with zero attached hydrogens (tertiary/aromatic N) is 2. The molecule has 0 saturated carbocycles. The van der Waals surface area contributed by atoms with Crippen molar-refractivity contribution in [2.45, 2.75) is 38.8 Å². The highest BCUT2D eigenvalue weighted by molar-refractivity contribution is 5.76. The Balaban J connectivity index is 1.94. The fourth-order valence-electron chi connectivity index (χ4n) is 3.23. The molecule has 1 atom stereocenters. The van der Waals surface area contributed by atoms with Gasteiger partial charge in [-0.05, 0) is 38.1 Å². The van der Waals surface area contributed by atoms with Gasteiger partial charge in [0.15, 0.2) is 0 Å². The van der Waals surface area contributed by atoms with Gasteiger partial charge in [-0.3, -0.25) is 9.47 Å². The van der Waals surface area contributed by atoms with Crippen LogP contribution in [0.5, 0.6) is 5.75 Å². The zero-order valence-corrected chi connectivity index (χ0v) is 11.8. The quantitative estimate of drug-likeness (QED) is 0.899. The third-order valence-corrected chi connectivity index (χ3v) is 4.31. The molecule has 1 fully saturated rings. The van der Waals surface area contributed by atoms with Gasteiger partial charge in [0.25, 0.3) is 0 Å². The normalized spacial score (nSPS) is 20.6. The van der Waals surface area contributed by atoms with E-state index in [2.05, 4.69) is 16.8 Å².